The number of amides is 4. The van der Waals surface area contributed by atoms with Crippen molar-refractivity contribution in [2.75, 3.05) is 25.1 Å². The number of hydrogen-bond acceptors (Lipinski definition) is 8. The SMILES string of the molecule is CCOC(=O)c1c(NC(=O)COC(=O)CN2C(=O)NC(C)(C)C2=O)sc(C)c1CC. The van der Waals surface area contributed by atoms with Crippen LogP contribution in [-0.4, -0.2) is 60.0 Å². The Kier molecular flexibility index (Phi) is 7.19. The van der Waals surface area contributed by atoms with E-state index in [0.29, 0.717) is 17.0 Å². The molecule has 1 aromatic heterocycles. The molecule has 1 aliphatic rings. The van der Waals surface area contributed by atoms with Crippen molar-refractivity contribution in [3.05, 3.63) is 16.0 Å². The van der Waals surface area contributed by atoms with Gasteiger partial charge in [-0.15, -0.1) is 11.3 Å². The van der Waals surface area contributed by atoms with Crippen molar-refractivity contribution >= 4 is 46.1 Å². The normalized spacial score (nSPS) is 15.0. The molecule has 30 heavy (non-hydrogen) atoms. The van der Waals surface area contributed by atoms with Crippen molar-refractivity contribution in [2.24, 2.45) is 0 Å². The van der Waals surface area contributed by atoms with Crippen LogP contribution in [0.2, 0.25) is 0 Å². The first-order valence-electron chi connectivity index (χ1n) is 9.40. The van der Waals surface area contributed by atoms with Gasteiger partial charge in [0, 0.05) is 4.88 Å². The number of ether oxygens (including phenoxy) is 2. The second-order valence-corrected chi connectivity index (χ2v) is 8.30. The summed E-state index contributed by atoms with van der Waals surface area (Å²) in [4.78, 5) is 62.0. The number of imide groups is 1. The van der Waals surface area contributed by atoms with Crippen LogP contribution in [0, 0.1) is 6.92 Å². The second-order valence-electron chi connectivity index (χ2n) is 7.07. The van der Waals surface area contributed by atoms with E-state index < -0.39 is 48.5 Å². The molecule has 10 nitrogen and oxygen atoms in total. The van der Waals surface area contributed by atoms with E-state index >= 15 is 0 Å². The van der Waals surface area contributed by atoms with Crippen LogP contribution in [-0.2, 0) is 30.3 Å². The Bertz CT molecular complexity index is 891. The molecule has 2 N–H and O–H groups in total. The lowest BCUT2D eigenvalue weighted by molar-refractivity contribution is -0.150. The summed E-state index contributed by atoms with van der Waals surface area (Å²) in [5, 5.41) is 5.33. The quantitative estimate of drug-likeness (QED) is 0.465. The Balaban J connectivity index is 1.98. The van der Waals surface area contributed by atoms with Gasteiger partial charge in [0.1, 0.15) is 17.1 Å². The predicted molar refractivity (Wildman–Crippen MR) is 108 cm³/mol. The van der Waals surface area contributed by atoms with E-state index in [0.717, 1.165) is 15.3 Å². The lowest BCUT2D eigenvalue weighted by Crippen LogP contribution is -2.41. The van der Waals surface area contributed by atoms with Gasteiger partial charge in [-0.05, 0) is 39.7 Å². The zero-order chi connectivity index (χ0) is 22.6. The molecule has 0 radical (unpaired) electrons. The van der Waals surface area contributed by atoms with Gasteiger partial charge in [-0.25, -0.2) is 9.59 Å². The van der Waals surface area contributed by atoms with Crippen LogP contribution < -0.4 is 10.6 Å². The van der Waals surface area contributed by atoms with Crippen molar-refractivity contribution in [2.45, 2.75) is 46.6 Å². The van der Waals surface area contributed by atoms with Gasteiger partial charge in [0.2, 0.25) is 0 Å². The van der Waals surface area contributed by atoms with E-state index in [9.17, 15) is 24.0 Å². The van der Waals surface area contributed by atoms with Crippen molar-refractivity contribution in [1.82, 2.24) is 10.2 Å². The first-order valence-corrected chi connectivity index (χ1v) is 10.2. The fourth-order valence-electron chi connectivity index (χ4n) is 2.96. The molecule has 0 bridgehead atoms. The molecule has 0 saturated carbocycles. The van der Waals surface area contributed by atoms with E-state index in [1.165, 1.54) is 25.2 Å². The average Bonchev–Trinajstić information content (AvgIpc) is 3.07. The summed E-state index contributed by atoms with van der Waals surface area (Å²) >= 11 is 1.23. The Morgan fingerprint density at radius 1 is 1.17 bits per heavy atom. The van der Waals surface area contributed by atoms with Gasteiger partial charge < -0.3 is 20.1 Å². The second kappa shape index (κ2) is 9.24. The molecule has 11 heteroatoms. The number of hydrogen-bond donors (Lipinski definition) is 2. The van der Waals surface area contributed by atoms with E-state index in [1.807, 2.05) is 13.8 Å². The third-order valence-corrected chi connectivity index (χ3v) is 5.45. The number of carbonyl (C=O) groups excluding carboxylic acids is 5. The molecule has 0 spiro atoms. The van der Waals surface area contributed by atoms with Gasteiger partial charge in [0.05, 0.1) is 12.2 Å². The molecule has 1 aromatic rings. The maximum Gasteiger partial charge on any atom is 0.341 e. The van der Waals surface area contributed by atoms with Gasteiger partial charge >= 0.3 is 18.0 Å². The molecule has 1 saturated heterocycles. The number of anilines is 1. The molecule has 0 aliphatic carbocycles. The van der Waals surface area contributed by atoms with Gasteiger partial charge in [-0.2, -0.15) is 0 Å². The number of carbonyl (C=O) groups is 5. The number of rotatable bonds is 8. The maximum absolute atomic E-state index is 12.3. The van der Waals surface area contributed by atoms with Crippen LogP contribution in [0.5, 0.6) is 0 Å². The lowest BCUT2D eigenvalue weighted by atomic mass is 10.1. The summed E-state index contributed by atoms with van der Waals surface area (Å²) in [5.74, 6) is -2.66. The minimum Gasteiger partial charge on any atom is -0.462 e. The van der Waals surface area contributed by atoms with Crippen LogP contribution in [0.1, 0.15) is 48.5 Å². The first-order chi connectivity index (χ1) is 14.0. The molecule has 2 heterocycles. The van der Waals surface area contributed by atoms with Gasteiger partial charge in [0.15, 0.2) is 6.61 Å². The summed E-state index contributed by atoms with van der Waals surface area (Å²) in [5.41, 5.74) is -0.0262. The Morgan fingerprint density at radius 2 is 1.83 bits per heavy atom. The molecular formula is C19H25N3O7S. The largest absolute Gasteiger partial charge is 0.462 e. The number of urea groups is 1. The minimum atomic E-state index is -1.10. The minimum absolute atomic E-state index is 0.196. The van der Waals surface area contributed by atoms with Crippen molar-refractivity contribution in [3.8, 4) is 0 Å². The standard InChI is InChI=1S/C19H25N3O7S/c1-6-11-10(3)30-15(14(11)16(25)28-7-2)20-12(23)9-29-13(24)8-22-17(26)19(4,5)21-18(22)27/h6-9H2,1-5H3,(H,20,23)(H,21,27). The van der Waals surface area contributed by atoms with E-state index in [2.05, 4.69) is 10.6 Å². The number of nitrogens with zero attached hydrogens (tertiary/aromatic N) is 1. The third-order valence-electron chi connectivity index (χ3n) is 4.39. The topological polar surface area (TPSA) is 131 Å². The monoisotopic (exact) mass is 439 g/mol. The highest BCUT2D eigenvalue weighted by Gasteiger charge is 2.45. The molecular weight excluding hydrogens is 414 g/mol. The molecule has 0 unspecified atom stereocenters. The fraction of sp³-hybridized carbons (Fsp3) is 0.526. The number of aryl methyl sites for hydroxylation is 1. The van der Waals surface area contributed by atoms with E-state index in [1.54, 1.807) is 6.92 Å². The van der Waals surface area contributed by atoms with Crippen LogP contribution in [0.3, 0.4) is 0 Å². The van der Waals surface area contributed by atoms with Crippen LogP contribution in [0.15, 0.2) is 0 Å². The maximum atomic E-state index is 12.3. The molecule has 1 fully saturated rings. The number of esters is 2. The zero-order valence-corrected chi connectivity index (χ0v) is 18.4. The highest BCUT2D eigenvalue weighted by molar-refractivity contribution is 7.16. The Hall–Kier alpha value is -2.95. The fourth-order valence-corrected chi connectivity index (χ4v) is 4.11. The smallest absolute Gasteiger partial charge is 0.341 e. The number of nitrogens with one attached hydrogen (secondary N) is 2. The summed E-state index contributed by atoms with van der Waals surface area (Å²) in [6.45, 7) is 7.40. The van der Waals surface area contributed by atoms with Crippen LogP contribution in [0.4, 0.5) is 9.80 Å². The number of thiophene rings is 1. The summed E-state index contributed by atoms with van der Waals surface area (Å²) < 4.78 is 9.95. The summed E-state index contributed by atoms with van der Waals surface area (Å²) in [7, 11) is 0. The predicted octanol–water partition coefficient (Wildman–Crippen LogP) is 1.61. The van der Waals surface area contributed by atoms with E-state index in [-0.39, 0.29) is 6.61 Å². The highest BCUT2D eigenvalue weighted by Crippen LogP contribution is 2.34. The molecule has 0 aromatic carbocycles. The summed E-state index contributed by atoms with van der Waals surface area (Å²) in [6.07, 6.45) is 0.587. The molecule has 0 atom stereocenters. The van der Waals surface area contributed by atoms with Crippen molar-refractivity contribution in [1.29, 1.82) is 0 Å². The van der Waals surface area contributed by atoms with Gasteiger partial charge in [-0.1, -0.05) is 6.92 Å². The zero-order valence-electron chi connectivity index (χ0n) is 17.5. The molecule has 1 aliphatic heterocycles. The van der Waals surface area contributed by atoms with Gasteiger partial charge in [-0.3, -0.25) is 19.3 Å². The molecule has 4 amide bonds. The summed E-state index contributed by atoms with van der Waals surface area (Å²) in [6, 6.07) is -0.702. The van der Waals surface area contributed by atoms with Crippen molar-refractivity contribution in [3.63, 3.8) is 0 Å². The van der Waals surface area contributed by atoms with Crippen molar-refractivity contribution < 1.29 is 33.4 Å². The van der Waals surface area contributed by atoms with E-state index in [4.69, 9.17) is 9.47 Å². The third kappa shape index (κ3) is 4.96. The highest BCUT2D eigenvalue weighted by atomic mass is 32.1. The van der Waals surface area contributed by atoms with Crippen LogP contribution >= 0.6 is 11.3 Å². The van der Waals surface area contributed by atoms with Gasteiger partial charge in [0.25, 0.3) is 11.8 Å². The Morgan fingerprint density at radius 3 is 2.37 bits per heavy atom. The molecule has 164 valence electrons. The van der Waals surface area contributed by atoms with Crippen LogP contribution in [0.25, 0.3) is 0 Å². The lowest BCUT2D eigenvalue weighted by Gasteiger charge is -2.15. The molecule has 2 rings (SSSR count). The average molecular weight is 439 g/mol. The first kappa shape index (κ1) is 23.3. The Labute approximate surface area is 177 Å².